The van der Waals surface area contributed by atoms with Crippen molar-refractivity contribution >= 4 is 23.3 Å². The van der Waals surface area contributed by atoms with Crippen molar-refractivity contribution in [2.24, 2.45) is 11.8 Å². The zero-order chi connectivity index (χ0) is 20.7. The van der Waals surface area contributed by atoms with Crippen molar-refractivity contribution in [3.63, 3.8) is 0 Å². The van der Waals surface area contributed by atoms with Crippen LogP contribution in [0.1, 0.15) is 77.7 Å². The van der Waals surface area contributed by atoms with Gasteiger partial charge in [0.05, 0.1) is 6.04 Å². The Balaban J connectivity index is 2.03. The quantitative estimate of drug-likeness (QED) is 0.600. The number of hydrogen-bond acceptors (Lipinski definition) is 2. The molecule has 0 aliphatic heterocycles. The number of carbonyl (C=O) groups is 2. The first kappa shape index (κ1) is 22.7. The van der Waals surface area contributed by atoms with E-state index in [-0.39, 0.29) is 23.5 Å². The third kappa shape index (κ3) is 6.77. The number of rotatable bonds is 7. The highest BCUT2D eigenvalue weighted by Gasteiger charge is 2.27. The molecule has 0 heterocycles. The first-order chi connectivity index (χ1) is 13.3. The second-order valence-electron chi connectivity index (χ2n) is 8.70. The third-order valence-electron chi connectivity index (χ3n) is 5.42. The van der Waals surface area contributed by atoms with Gasteiger partial charge in [-0.2, -0.15) is 0 Å². The smallest absolute Gasteiger partial charge is 0.220 e. The Morgan fingerprint density at radius 2 is 1.79 bits per heavy atom. The van der Waals surface area contributed by atoms with E-state index in [4.69, 9.17) is 11.6 Å². The monoisotopic (exact) mass is 403 g/mol. The van der Waals surface area contributed by atoms with Crippen LogP contribution in [0.15, 0.2) is 35.9 Å². The number of amides is 1. The predicted molar refractivity (Wildman–Crippen MR) is 117 cm³/mol. The zero-order valence-corrected chi connectivity index (χ0v) is 18.4. The van der Waals surface area contributed by atoms with E-state index in [9.17, 15) is 9.59 Å². The Morgan fingerprint density at radius 1 is 1.11 bits per heavy atom. The minimum Gasteiger partial charge on any atom is -0.346 e. The topological polar surface area (TPSA) is 46.2 Å². The Labute approximate surface area is 174 Å². The van der Waals surface area contributed by atoms with Gasteiger partial charge in [0.1, 0.15) is 0 Å². The summed E-state index contributed by atoms with van der Waals surface area (Å²) in [5.74, 6) is 0.940. The molecule has 0 saturated heterocycles. The van der Waals surface area contributed by atoms with E-state index < -0.39 is 6.04 Å². The van der Waals surface area contributed by atoms with Crippen LogP contribution in [0.2, 0.25) is 5.02 Å². The summed E-state index contributed by atoms with van der Waals surface area (Å²) in [4.78, 5) is 25.3. The molecule has 0 radical (unpaired) electrons. The molecule has 0 aromatic heterocycles. The molecule has 1 amide bonds. The summed E-state index contributed by atoms with van der Waals surface area (Å²) >= 11 is 6.00. The molecule has 0 saturated carbocycles. The molecule has 4 heteroatoms. The number of nitrogens with one attached hydrogen (secondary N) is 1. The van der Waals surface area contributed by atoms with Crippen molar-refractivity contribution < 1.29 is 9.59 Å². The average Bonchev–Trinajstić information content (AvgIpc) is 2.59. The molecule has 154 valence electrons. The van der Waals surface area contributed by atoms with Crippen LogP contribution in [-0.4, -0.2) is 17.7 Å². The highest BCUT2D eigenvalue weighted by molar-refractivity contribution is 6.30. The molecule has 3 nitrogen and oxygen atoms in total. The highest BCUT2D eigenvalue weighted by atomic mass is 35.5. The molecule has 0 spiro atoms. The fraction of sp³-hybridized carbons (Fsp3) is 0.583. The SMILES string of the molecule is CC(C)CC(=O)NC(C(=O)/C1=C\CCC(c2ccc(Cl)cc2)CCC1)C(C)C. The number of halogens is 1. The molecule has 1 aliphatic carbocycles. The molecule has 1 N–H and O–H groups in total. The Morgan fingerprint density at radius 3 is 2.39 bits per heavy atom. The van der Waals surface area contributed by atoms with Gasteiger partial charge in [0.2, 0.25) is 5.91 Å². The minimum atomic E-state index is -0.427. The maximum absolute atomic E-state index is 13.1. The normalized spacial score (nSPS) is 20.8. The Bertz CT molecular complexity index is 691. The number of allylic oxidation sites excluding steroid dienone is 1. The molecule has 0 fully saturated rings. The third-order valence-corrected chi connectivity index (χ3v) is 5.67. The molecule has 2 unspecified atom stereocenters. The van der Waals surface area contributed by atoms with Crippen LogP contribution < -0.4 is 5.32 Å². The van der Waals surface area contributed by atoms with Gasteiger partial charge >= 0.3 is 0 Å². The van der Waals surface area contributed by atoms with Crippen LogP contribution in [0.5, 0.6) is 0 Å². The molecular formula is C24H34ClNO2. The number of benzene rings is 1. The van der Waals surface area contributed by atoms with E-state index >= 15 is 0 Å². The van der Waals surface area contributed by atoms with Crippen molar-refractivity contribution in [3.05, 3.63) is 46.5 Å². The van der Waals surface area contributed by atoms with Crippen LogP contribution in [0.3, 0.4) is 0 Å². The van der Waals surface area contributed by atoms with Crippen LogP contribution >= 0.6 is 11.6 Å². The van der Waals surface area contributed by atoms with Crippen molar-refractivity contribution in [2.75, 3.05) is 0 Å². The summed E-state index contributed by atoms with van der Waals surface area (Å²) in [5.41, 5.74) is 2.21. The number of Topliss-reactive ketones (excluding diaryl/α,β-unsaturated/α-hetero) is 1. The van der Waals surface area contributed by atoms with Crippen molar-refractivity contribution in [1.82, 2.24) is 5.32 Å². The summed E-state index contributed by atoms with van der Waals surface area (Å²) in [7, 11) is 0. The largest absolute Gasteiger partial charge is 0.346 e. The molecule has 28 heavy (non-hydrogen) atoms. The number of ketones is 1. The van der Waals surface area contributed by atoms with Gasteiger partial charge < -0.3 is 5.32 Å². The number of hydrogen-bond donors (Lipinski definition) is 1. The lowest BCUT2D eigenvalue weighted by atomic mass is 9.84. The van der Waals surface area contributed by atoms with E-state index in [1.807, 2.05) is 39.8 Å². The van der Waals surface area contributed by atoms with Gasteiger partial charge in [-0.15, -0.1) is 0 Å². The van der Waals surface area contributed by atoms with Crippen molar-refractivity contribution in [1.29, 1.82) is 0 Å². The molecule has 1 aromatic rings. The maximum atomic E-state index is 13.1. The van der Waals surface area contributed by atoms with Crippen LogP contribution in [0.25, 0.3) is 0 Å². The lowest BCUT2D eigenvalue weighted by Gasteiger charge is -2.25. The van der Waals surface area contributed by atoms with Gasteiger partial charge in [-0.05, 0) is 73.1 Å². The summed E-state index contributed by atoms with van der Waals surface area (Å²) in [6.07, 6.45) is 7.32. The van der Waals surface area contributed by atoms with E-state index in [0.29, 0.717) is 12.3 Å². The van der Waals surface area contributed by atoms with Gasteiger partial charge in [-0.1, -0.05) is 57.5 Å². The van der Waals surface area contributed by atoms with Gasteiger partial charge in [0.15, 0.2) is 5.78 Å². The summed E-state index contributed by atoms with van der Waals surface area (Å²) in [6.45, 7) is 8.02. The number of carbonyl (C=O) groups excluding carboxylic acids is 2. The summed E-state index contributed by atoms with van der Waals surface area (Å²) in [5, 5.41) is 3.74. The van der Waals surface area contributed by atoms with E-state index in [0.717, 1.165) is 42.7 Å². The molecular weight excluding hydrogens is 370 g/mol. The van der Waals surface area contributed by atoms with E-state index in [1.165, 1.54) is 5.56 Å². The Hall–Kier alpha value is -1.61. The Kier molecular flexibility index (Phi) is 8.75. The van der Waals surface area contributed by atoms with E-state index in [1.54, 1.807) is 0 Å². The van der Waals surface area contributed by atoms with Crippen molar-refractivity contribution in [3.8, 4) is 0 Å². The first-order valence-corrected chi connectivity index (χ1v) is 10.9. The lowest BCUT2D eigenvalue weighted by molar-refractivity contribution is -0.127. The molecule has 0 bridgehead atoms. The summed E-state index contributed by atoms with van der Waals surface area (Å²) < 4.78 is 0. The van der Waals surface area contributed by atoms with Gasteiger partial charge in [-0.25, -0.2) is 0 Å². The average molecular weight is 404 g/mol. The van der Waals surface area contributed by atoms with Crippen LogP contribution in [0, 0.1) is 11.8 Å². The van der Waals surface area contributed by atoms with Gasteiger partial charge in [-0.3, -0.25) is 9.59 Å². The lowest BCUT2D eigenvalue weighted by Crippen LogP contribution is -2.45. The maximum Gasteiger partial charge on any atom is 0.220 e. The highest BCUT2D eigenvalue weighted by Crippen LogP contribution is 2.32. The van der Waals surface area contributed by atoms with Gasteiger partial charge in [0, 0.05) is 11.4 Å². The fourth-order valence-corrected chi connectivity index (χ4v) is 4.00. The van der Waals surface area contributed by atoms with E-state index in [2.05, 4.69) is 23.5 Å². The van der Waals surface area contributed by atoms with Gasteiger partial charge in [0.25, 0.3) is 0 Å². The molecule has 1 aliphatic rings. The first-order valence-electron chi connectivity index (χ1n) is 10.6. The second kappa shape index (κ2) is 10.8. The van der Waals surface area contributed by atoms with Crippen molar-refractivity contribution in [2.45, 2.75) is 78.2 Å². The minimum absolute atomic E-state index is 0.0312. The molecule has 2 rings (SSSR count). The zero-order valence-electron chi connectivity index (χ0n) is 17.6. The molecule has 2 atom stereocenters. The fourth-order valence-electron chi connectivity index (χ4n) is 3.87. The predicted octanol–water partition coefficient (Wildman–Crippen LogP) is 6.07. The summed E-state index contributed by atoms with van der Waals surface area (Å²) in [6, 6.07) is 7.71. The second-order valence-corrected chi connectivity index (χ2v) is 9.14. The standard InChI is InChI=1S/C24H34ClNO2/c1-16(2)15-22(27)26-23(17(3)4)24(28)20-9-5-7-18(8-6-10-20)19-11-13-21(25)14-12-19/h9,11-14,16-18,23H,5-8,10,15H2,1-4H3,(H,26,27)/b20-9-. The molecule has 1 aromatic carbocycles. The van der Waals surface area contributed by atoms with Crippen LogP contribution in [-0.2, 0) is 9.59 Å². The van der Waals surface area contributed by atoms with Crippen LogP contribution in [0.4, 0.5) is 0 Å².